The van der Waals surface area contributed by atoms with E-state index in [-0.39, 0.29) is 12.0 Å². The molecule has 116 valence electrons. The lowest BCUT2D eigenvalue weighted by Crippen LogP contribution is -2.46. The quantitative estimate of drug-likeness (QED) is 0.855. The van der Waals surface area contributed by atoms with Gasteiger partial charge in [0.25, 0.3) is 0 Å². The Morgan fingerprint density at radius 3 is 2.81 bits per heavy atom. The molecule has 0 N–H and O–H groups in total. The van der Waals surface area contributed by atoms with Crippen molar-refractivity contribution in [3.63, 3.8) is 0 Å². The molecule has 2 aliphatic heterocycles. The summed E-state index contributed by atoms with van der Waals surface area (Å²) in [6.45, 7) is 5.57. The molecular formula is C16H25N3O2. The molecule has 2 atom stereocenters. The monoisotopic (exact) mass is 291 g/mol. The average Bonchev–Trinajstić information content (AvgIpc) is 3.01. The molecule has 0 aliphatic carbocycles. The van der Waals surface area contributed by atoms with Gasteiger partial charge >= 0.3 is 0 Å². The number of rotatable bonds is 3. The fourth-order valence-electron chi connectivity index (χ4n) is 3.49. The second-order valence-electron chi connectivity index (χ2n) is 6.32. The van der Waals surface area contributed by atoms with Crippen LogP contribution in [-0.2, 0) is 16.1 Å². The highest BCUT2D eigenvalue weighted by Gasteiger charge is 2.33. The first-order valence-electron chi connectivity index (χ1n) is 8.12. The maximum atomic E-state index is 12.6. The third-order valence-corrected chi connectivity index (χ3v) is 4.85. The third-order valence-electron chi connectivity index (χ3n) is 4.85. The zero-order valence-electron chi connectivity index (χ0n) is 12.8. The number of carbonyl (C=O) groups excluding carboxylic acids is 1. The Balaban J connectivity index is 1.49. The Labute approximate surface area is 126 Å². The molecule has 1 aromatic rings. The van der Waals surface area contributed by atoms with E-state index in [4.69, 9.17) is 4.74 Å². The second-order valence-corrected chi connectivity index (χ2v) is 6.32. The van der Waals surface area contributed by atoms with Crippen molar-refractivity contribution in [2.24, 2.45) is 11.8 Å². The second kappa shape index (κ2) is 6.60. The molecule has 5 heteroatoms. The molecule has 2 fully saturated rings. The van der Waals surface area contributed by atoms with Crippen LogP contribution in [0.1, 0.15) is 32.6 Å². The molecule has 0 bridgehead atoms. The average molecular weight is 291 g/mol. The summed E-state index contributed by atoms with van der Waals surface area (Å²) in [6.07, 6.45) is 8.06. The van der Waals surface area contributed by atoms with Crippen molar-refractivity contribution in [3.8, 4) is 0 Å². The molecule has 2 saturated heterocycles. The van der Waals surface area contributed by atoms with Gasteiger partial charge in [0.15, 0.2) is 0 Å². The molecule has 0 spiro atoms. The molecule has 0 aromatic carbocycles. The Morgan fingerprint density at radius 1 is 1.33 bits per heavy atom. The molecule has 2 aliphatic rings. The van der Waals surface area contributed by atoms with Crippen LogP contribution in [0, 0.1) is 11.8 Å². The summed E-state index contributed by atoms with van der Waals surface area (Å²) in [5, 5.41) is 4.27. The van der Waals surface area contributed by atoms with Crippen molar-refractivity contribution in [2.75, 3.05) is 19.7 Å². The zero-order chi connectivity index (χ0) is 14.7. The minimum atomic E-state index is 0.0708. The number of carbonyl (C=O) groups is 1. The van der Waals surface area contributed by atoms with E-state index in [1.807, 2.05) is 30.1 Å². The Bertz CT molecular complexity index is 452. The highest BCUT2D eigenvalue weighted by atomic mass is 16.5. The lowest BCUT2D eigenvalue weighted by Gasteiger charge is -2.37. The van der Waals surface area contributed by atoms with Crippen molar-refractivity contribution in [1.29, 1.82) is 0 Å². The van der Waals surface area contributed by atoms with Gasteiger partial charge in [-0.1, -0.05) is 0 Å². The van der Waals surface area contributed by atoms with Gasteiger partial charge in [0, 0.05) is 38.6 Å². The molecule has 1 amide bonds. The number of hydrogen-bond acceptors (Lipinski definition) is 3. The predicted molar refractivity (Wildman–Crippen MR) is 79.7 cm³/mol. The molecule has 0 unspecified atom stereocenters. The van der Waals surface area contributed by atoms with Crippen molar-refractivity contribution >= 4 is 5.91 Å². The standard InChI is InChI=1S/C16H25N3O2/c1-13-15(4-2-11-21-13)16(20)18-9-5-14(6-10-18)12-19-8-3-7-17-19/h3,7-8,13-15H,2,4-6,9-12H2,1H3/t13-,15+/m1/s1. The highest BCUT2D eigenvalue weighted by molar-refractivity contribution is 5.79. The number of piperidine rings is 1. The molecule has 0 radical (unpaired) electrons. The maximum Gasteiger partial charge on any atom is 0.228 e. The molecule has 5 nitrogen and oxygen atoms in total. The van der Waals surface area contributed by atoms with Crippen LogP contribution in [0.5, 0.6) is 0 Å². The van der Waals surface area contributed by atoms with Crippen LogP contribution >= 0.6 is 0 Å². The summed E-state index contributed by atoms with van der Waals surface area (Å²) in [6, 6.07) is 1.96. The number of nitrogens with zero attached hydrogens (tertiary/aromatic N) is 3. The smallest absolute Gasteiger partial charge is 0.228 e. The van der Waals surface area contributed by atoms with E-state index >= 15 is 0 Å². The lowest BCUT2D eigenvalue weighted by molar-refractivity contribution is -0.145. The first-order valence-corrected chi connectivity index (χ1v) is 8.12. The SMILES string of the molecule is C[C@H]1OCCC[C@@H]1C(=O)N1CCC(Cn2cccn2)CC1. The van der Waals surface area contributed by atoms with Crippen molar-refractivity contribution in [1.82, 2.24) is 14.7 Å². The summed E-state index contributed by atoms with van der Waals surface area (Å²) >= 11 is 0. The number of likely N-dealkylation sites (tertiary alicyclic amines) is 1. The predicted octanol–water partition coefficient (Wildman–Crippen LogP) is 1.94. The summed E-state index contributed by atoms with van der Waals surface area (Å²) in [7, 11) is 0. The van der Waals surface area contributed by atoms with E-state index in [1.54, 1.807) is 0 Å². The molecule has 0 saturated carbocycles. The number of aromatic nitrogens is 2. The summed E-state index contributed by atoms with van der Waals surface area (Å²) in [5.74, 6) is 1.01. The first kappa shape index (κ1) is 14.6. The van der Waals surface area contributed by atoms with Crippen molar-refractivity contribution in [3.05, 3.63) is 18.5 Å². The fraction of sp³-hybridized carbons (Fsp3) is 0.750. The minimum absolute atomic E-state index is 0.0708. The molecule has 3 heterocycles. The largest absolute Gasteiger partial charge is 0.378 e. The number of amides is 1. The van der Waals surface area contributed by atoms with Crippen LogP contribution in [0.4, 0.5) is 0 Å². The third kappa shape index (κ3) is 3.46. The van der Waals surface area contributed by atoms with Gasteiger partial charge in [-0.05, 0) is 44.6 Å². The van der Waals surface area contributed by atoms with Crippen LogP contribution in [0.25, 0.3) is 0 Å². The summed E-state index contributed by atoms with van der Waals surface area (Å²) < 4.78 is 7.63. The Kier molecular flexibility index (Phi) is 4.58. The molecular weight excluding hydrogens is 266 g/mol. The lowest BCUT2D eigenvalue weighted by atomic mass is 9.91. The Hall–Kier alpha value is -1.36. The van der Waals surface area contributed by atoms with E-state index in [0.29, 0.717) is 11.8 Å². The van der Waals surface area contributed by atoms with Gasteiger partial charge in [0.05, 0.1) is 12.0 Å². The fourth-order valence-corrected chi connectivity index (χ4v) is 3.49. The zero-order valence-corrected chi connectivity index (χ0v) is 12.8. The molecule has 3 rings (SSSR count). The van der Waals surface area contributed by atoms with Gasteiger partial charge in [-0.15, -0.1) is 0 Å². The van der Waals surface area contributed by atoms with E-state index in [1.165, 1.54) is 0 Å². The van der Waals surface area contributed by atoms with Gasteiger partial charge in [-0.25, -0.2) is 0 Å². The first-order chi connectivity index (χ1) is 10.2. The van der Waals surface area contributed by atoms with Crippen LogP contribution in [-0.4, -0.2) is 46.4 Å². The minimum Gasteiger partial charge on any atom is -0.378 e. The van der Waals surface area contributed by atoms with Crippen molar-refractivity contribution < 1.29 is 9.53 Å². The number of ether oxygens (including phenoxy) is 1. The van der Waals surface area contributed by atoms with E-state index < -0.39 is 0 Å². The highest BCUT2D eigenvalue weighted by Crippen LogP contribution is 2.26. The van der Waals surface area contributed by atoms with Crippen molar-refractivity contribution in [2.45, 2.75) is 45.3 Å². The van der Waals surface area contributed by atoms with E-state index in [2.05, 4.69) is 10.00 Å². The van der Waals surface area contributed by atoms with Crippen LogP contribution in [0.2, 0.25) is 0 Å². The number of hydrogen-bond donors (Lipinski definition) is 0. The summed E-state index contributed by atoms with van der Waals surface area (Å²) in [5.41, 5.74) is 0. The van der Waals surface area contributed by atoms with Gasteiger partial charge in [-0.2, -0.15) is 5.10 Å². The van der Waals surface area contributed by atoms with Gasteiger partial charge in [0.1, 0.15) is 0 Å². The van der Waals surface area contributed by atoms with Crippen LogP contribution in [0.15, 0.2) is 18.5 Å². The topological polar surface area (TPSA) is 47.4 Å². The normalized spacial score (nSPS) is 27.8. The molecule has 1 aromatic heterocycles. The van der Waals surface area contributed by atoms with Gasteiger partial charge in [0.2, 0.25) is 5.91 Å². The van der Waals surface area contributed by atoms with E-state index in [0.717, 1.165) is 51.9 Å². The maximum absolute atomic E-state index is 12.6. The van der Waals surface area contributed by atoms with Gasteiger partial charge in [-0.3, -0.25) is 9.48 Å². The van der Waals surface area contributed by atoms with Crippen LogP contribution < -0.4 is 0 Å². The molecule has 21 heavy (non-hydrogen) atoms. The Morgan fingerprint density at radius 2 is 2.14 bits per heavy atom. The van der Waals surface area contributed by atoms with Crippen LogP contribution in [0.3, 0.4) is 0 Å². The summed E-state index contributed by atoms with van der Waals surface area (Å²) in [4.78, 5) is 14.7. The van der Waals surface area contributed by atoms with Gasteiger partial charge < -0.3 is 9.64 Å². The van der Waals surface area contributed by atoms with E-state index in [9.17, 15) is 4.79 Å².